The van der Waals surface area contributed by atoms with Gasteiger partial charge in [0.05, 0.1) is 11.9 Å². The van der Waals surface area contributed by atoms with E-state index in [0.29, 0.717) is 5.92 Å². The fourth-order valence-corrected chi connectivity index (χ4v) is 2.91. The summed E-state index contributed by atoms with van der Waals surface area (Å²) in [5, 5.41) is 11.9. The van der Waals surface area contributed by atoms with Crippen LogP contribution >= 0.6 is 0 Å². The van der Waals surface area contributed by atoms with Crippen LogP contribution in [0.2, 0.25) is 0 Å². The number of rotatable bonds is 4. The van der Waals surface area contributed by atoms with Gasteiger partial charge in [-0.3, -0.25) is 0 Å². The molecule has 2 unspecified atom stereocenters. The Balaban J connectivity index is 2.03. The molecule has 1 aliphatic carbocycles. The van der Waals surface area contributed by atoms with Gasteiger partial charge in [-0.2, -0.15) is 0 Å². The van der Waals surface area contributed by atoms with Crippen LogP contribution in [-0.2, 0) is 6.54 Å². The fourth-order valence-electron chi connectivity index (χ4n) is 2.91. The maximum Gasteiger partial charge on any atom is 0.0728 e. The lowest BCUT2D eigenvalue weighted by Gasteiger charge is -2.26. The molecular formula is C14H26N4. The van der Waals surface area contributed by atoms with Gasteiger partial charge in [-0.1, -0.05) is 11.6 Å². The lowest BCUT2D eigenvalue weighted by atomic mass is 9.92. The summed E-state index contributed by atoms with van der Waals surface area (Å²) < 4.78 is 2.06. The normalized spacial score (nSPS) is 24.7. The Morgan fingerprint density at radius 2 is 2.17 bits per heavy atom. The molecule has 1 aromatic heterocycles. The van der Waals surface area contributed by atoms with Gasteiger partial charge in [0.15, 0.2) is 0 Å². The van der Waals surface area contributed by atoms with Gasteiger partial charge in [0.1, 0.15) is 0 Å². The van der Waals surface area contributed by atoms with E-state index in [4.69, 9.17) is 0 Å². The molecule has 2 atom stereocenters. The Hall–Kier alpha value is -0.900. The van der Waals surface area contributed by atoms with Crippen LogP contribution in [0.5, 0.6) is 0 Å². The van der Waals surface area contributed by atoms with E-state index in [1.165, 1.54) is 25.0 Å². The van der Waals surface area contributed by atoms with Gasteiger partial charge in [0.25, 0.3) is 0 Å². The largest absolute Gasteiger partial charge is 0.312 e. The van der Waals surface area contributed by atoms with E-state index in [0.717, 1.165) is 19.0 Å². The standard InChI is InChI=1S/C14H26N4/c1-5-18-13(10-16-17-18)12-8-6-7-11(12)9-15-14(2,3)4/h10-12,15H,5-9H2,1-4H3. The minimum absolute atomic E-state index is 0.205. The van der Waals surface area contributed by atoms with Crippen LogP contribution in [0.25, 0.3) is 0 Å². The molecule has 4 nitrogen and oxygen atoms in total. The molecule has 0 spiro atoms. The average molecular weight is 250 g/mol. The molecule has 0 aromatic carbocycles. The summed E-state index contributed by atoms with van der Waals surface area (Å²) in [6.45, 7) is 10.8. The van der Waals surface area contributed by atoms with Gasteiger partial charge in [0.2, 0.25) is 0 Å². The first-order valence-corrected chi connectivity index (χ1v) is 7.14. The molecule has 2 rings (SSSR count). The van der Waals surface area contributed by atoms with Gasteiger partial charge in [0, 0.05) is 18.0 Å². The van der Waals surface area contributed by atoms with Crippen molar-refractivity contribution in [2.75, 3.05) is 6.54 Å². The number of aryl methyl sites for hydroxylation is 1. The van der Waals surface area contributed by atoms with Crippen molar-refractivity contribution < 1.29 is 0 Å². The molecule has 1 heterocycles. The van der Waals surface area contributed by atoms with Gasteiger partial charge < -0.3 is 5.32 Å². The fraction of sp³-hybridized carbons (Fsp3) is 0.857. The van der Waals surface area contributed by atoms with Crippen molar-refractivity contribution in [3.05, 3.63) is 11.9 Å². The van der Waals surface area contributed by atoms with Crippen molar-refractivity contribution in [2.45, 2.75) is 65.0 Å². The molecular weight excluding hydrogens is 224 g/mol. The van der Waals surface area contributed by atoms with Crippen molar-refractivity contribution in [2.24, 2.45) is 5.92 Å². The SMILES string of the molecule is CCn1nncc1C1CCCC1CNC(C)(C)C. The molecule has 1 N–H and O–H groups in total. The van der Waals surface area contributed by atoms with E-state index < -0.39 is 0 Å². The van der Waals surface area contributed by atoms with E-state index in [1.807, 2.05) is 6.20 Å². The number of hydrogen-bond acceptors (Lipinski definition) is 3. The average Bonchev–Trinajstić information content (AvgIpc) is 2.93. The van der Waals surface area contributed by atoms with Gasteiger partial charge in [-0.25, -0.2) is 4.68 Å². The summed E-state index contributed by atoms with van der Waals surface area (Å²) in [5.41, 5.74) is 1.53. The molecule has 102 valence electrons. The van der Waals surface area contributed by atoms with Gasteiger partial charge in [-0.15, -0.1) is 5.10 Å². The van der Waals surface area contributed by atoms with Gasteiger partial charge in [-0.05, 0) is 53.0 Å². The molecule has 1 aromatic rings. The summed E-state index contributed by atoms with van der Waals surface area (Å²) in [5.74, 6) is 1.36. The first kappa shape index (κ1) is 13.5. The minimum Gasteiger partial charge on any atom is -0.312 e. The highest BCUT2D eigenvalue weighted by atomic mass is 15.4. The first-order chi connectivity index (χ1) is 8.51. The summed E-state index contributed by atoms with van der Waals surface area (Å²) in [6.07, 6.45) is 5.89. The molecule has 0 amide bonds. The Morgan fingerprint density at radius 1 is 1.39 bits per heavy atom. The smallest absolute Gasteiger partial charge is 0.0728 e. The van der Waals surface area contributed by atoms with Crippen molar-refractivity contribution in [1.29, 1.82) is 0 Å². The van der Waals surface area contributed by atoms with Crippen LogP contribution in [-0.4, -0.2) is 27.1 Å². The Morgan fingerprint density at radius 3 is 2.83 bits per heavy atom. The maximum atomic E-state index is 4.17. The number of hydrogen-bond donors (Lipinski definition) is 1. The molecule has 0 aliphatic heterocycles. The van der Waals surface area contributed by atoms with E-state index in [2.05, 4.69) is 48.0 Å². The second-order valence-electron chi connectivity index (χ2n) is 6.40. The molecule has 0 radical (unpaired) electrons. The monoisotopic (exact) mass is 250 g/mol. The Bertz CT molecular complexity index is 377. The second kappa shape index (κ2) is 5.39. The van der Waals surface area contributed by atoms with Crippen molar-refractivity contribution in [3.8, 4) is 0 Å². The molecule has 1 fully saturated rings. The van der Waals surface area contributed by atoms with Crippen LogP contribution in [0.1, 0.15) is 58.6 Å². The zero-order valence-corrected chi connectivity index (χ0v) is 12.1. The topological polar surface area (TPSA) is 42.7 Å². The molecule has 18 heavy (non-hydrogen) atoms. The highest BCUT2D eigenvalue weighted by molar-refractivity contribution is 5.08. The Labute approximate surface area is 110 Å². The predicted octanol–water partition coefficient (Wildman–Crippen LogP) is 2.57. The van der Waals surface area contributed by atoms with Crippen LogP contribution in [0.15, 0.2) is 6.20 Å². The zero-order chi connectivity index (χ0) is 13.2. The summed E-state index contributed by atoms with van der Waals surface area (Å²) >= 11 is 0. The predicted molar refractivity (Wildman–Crippen MR) is 73.5 cm³/mol. The van der Waals surface area contributed by atoms with E-state index in [1.54, 1.807) is 0 Å². The van der Waals surface area contributed by atoms with Crippen molar-refractivity contribution >= 4 is 0 Å². The zero-order valence-electron chi connectivity index (χ0n) is 12.1. The number of aromatic nitrogens is 3. The molecule has 0 bridgehead atoms. The van der Waals surface area contributed by atoms with Crippen LogP contribution in [0.3, 0.4) is 0 Å². The summed E-state index contributed by atoms with van der Waals surface area (Å²) in [7, 11) is 0. The minimum atomic E-state index is 0.205. The van der Waals surface area contributed by atoms with Crippen molar-refractivity contribution in [3.63, 3.8) is 0 Å². The first-order valence-electron chi connectivity index (χ1n) is 7.14. The molecule has 0 saturated heterocycles. The third-order valence-corrected chi connectivity index (χ3v) is 3.88. The number of nitrogens with one attached hydrogen (secondary N) is 1. The quantitative estimate of drug-likeness (QED) is 0.893. The second-order valence-corrected chi connectivity index (χ2v) is 6.40. The van der Waals surface area contributed by atoms with Gasteiger partial charge >= 0.3 is 0 Å². The van der Waals surface area contributed by atoms with Crippen LogP contribution < -0.4 is 5.32 Å². The molecule has 1 saturated carbocycles. The van der Waals surface area contributed by atoms with Crippen molar-refractivity contribution in [1.82, 2.24) is 20.3 Å². The third kappa shape index (κ3) is 3.10. The maximum absolute atomic E-state index is 4.17. The van der Waals surface area contributed by atoms with E-state index in [-0.39, 0.29) is 5.54 Å². The number of nitrogens with zero attached hydrogens (tertiary/aromatic N) is 3. The summed E-state index contributed by atoms with van der Waals surface area (Å²) in [6, 6.07) is 0. The van der Waals surface area contributed by atoms with Crippen LogP contribution in [0.4, 0.5) is 0 Å². The van der Waals surface area contributed by atoms with Crippen LogP contribution in [0, 0.1) is 5.92 Å². The highest BCUT2D eigenvalue weighted by Gasteiger charge is 2.31. The van der Waals surface area contributed by atoms with E-state index in [9.17, 15) is 0 Å². The Kier molecular flexibility index (Phi) is 4.05. The molecule has 4 heteroatoms. The lowest BCUT2D eigenvalue weighted by molar-refractivity contribution is 0.349. The lowest BCUT2D eigenvalue weighted by Crippen LogP contribution is -2.39. The highest BCUT2D eigenvalue weighted by Crippen LogP contribution is 2.39. The molecule has 1 aliphatic rings. The third-order valence-electron chi connectivity index (χ3n) is 3.88. The van der Waals surface area contributed by atoms with E-state index >= 15 is 0 Å². The summed E-state index contributed by atoms with van der Waals surface area (Å²) in [4.78, 5) is 0.